The molecule has 1 spiro atoms. The van der Waals surface area contributed by atoms with Gasteiger partial charge >= 0.3 is 0 Å². The zero-order valence-corrected chi connectivity index (χ0v) is 31.1. The monoisotopic (exact) mass is 709 g/mol. The molecular formula is C49H43NS2. The Kier molecular flexibility index (Phi) is 7.51. The van der Waals surface area contributed by atoms with Gasteiger partial charge in [-0.15, -0.1) is 11.8 Å². The lowest BCUT2D eigenvalue weighted by atomic mass is 9.54. The Bertz CT molecular complexity index is 2400. The molecule has 11 rings (SSSR count). The summed E-state index contributed by atoms with van der Waals surface area (Å²) in [6.07, 6.45) is 29.7. The van der Waals surface area contributed by atoms with Crippen LogP contribution in [0.4, 0.5) is 0 Å². The molecule has 5 atom stereocenters. The summed E-state index contributed by atoms with van der Waals surface area (Å²) in [5, 5.41) is 2.41. The molecule has 1 aromatic heterocycles. The van der Waals surface area contributed by atoms with Gasteiger partial charge in [-0.05, 0) is 127 Å². The van der Waals surface area contributed by atoms with Crippen LogP contribution < -0.4 is 0 Å². The van der Waals surface area contributed by atoms with Gasteiger partial charge in [0.05, 0.1) is 5.52 Å². The Morgan fingerprint density at radius 1 is 0.692 bits per heavy atom. The van der Waals surface area contributed by atoms with Gasteiger partial charge in [0.1, 0.15) is 0 Å². The van der Waals surface area contributed by atoms with Crippen molar-refractivity contribution in [1.82, 2.24) is 4.57 Å². The summed E-state index contributed by atoms with van der Waals surface area (Å²) in [4.78, 5) is 2.87. The summed E-state index contributed by atoms with van der Waals surface area (Å²) in [5.41, 5.74) is 14.2. The molecule has 3 heterocycles. The van der Waals surface area contributed by atoms with E-state index in [2.05, 4.69) is 156 Å². The van der Waals surface area contributed by atoms with E-state index in [-0.39, 0.29) is 5.41 Å². The van der Waals surface area contributed by atoms with Gasteiger partial charge < -0.3 is 4.57 Å². The van der Waals surface area contributed by atoms with E-state index in [0.717, 1.165) is 12.8 Å². The van der Waals surface area contributed by atoms with Crippen molar-refractivity contribution in [2.75, 3.05) is 0 Å². The van der Waals surface area contributed by atoms with E-state index in [1.807, 2.05) is 11.8 Å². The molecule has 4 aliphatic carbocycles. The van der Waals surface area contributed by atoms with E-state index in [1.165, 1.54) is 92.9 Å². The normalized spacial score (nSPS) is 26.9. The van der Waals surface area contributed by atoms with Crippen molar-refractivity contribution in [3.05, 3.63) is 167 Å². The third-order valence-electron chi connectivity index (χ3n) is 12.9. The highest BCUT2D eigenvalue weighted by molar-refractivity contribution is 8.00. The van der Waals surface area contributed by atoms with Crippen LogP contribution >= 0.6 is 23.5 Å². The number of rotatable bonds is 3. The number of allylic oxidation sites excluding steroid dienone is 8. The molecule has 1 saturated heterocycles. The van der Waals surface area contributed by atoms with Gasteiger partial charge in [-0.3, -0.25) is 0 Å². The van der Waals surface area contributed by atoms with Crippen LogP contribution in [0.2, 0.25) is 0 Å². The largest absolute Gasteiger partial charge is 0.313 e. The molecular weight excluding hydrogens is 667 g/mol. The lowest BCUT2D eigenvalue weighted by Gasteiger charge is -2.58. The lowest BCUT2D eigenvalue weighted by Crippen LogP contribution is -2.55. The van der Waals surface area contributed by atoms with Crippen LogP contribution in [-0.2, 0) is 11.8 Å². The van der Waals surface area contributed by atoms with Crippen molar-refractivity contribution in [3.8, 4) is 16.8 Å². The molecule has 2 aliphatic heterocycles. The molecule has 0 saturated carbocycles. The molecule has 5 aromatic rings. The van der Waals surface area contributed by atoms with E-state index in [4.69, 9.17) is 0 Å². The van der Waals surface area contributed by atoms with Crippen molar-refractivity contribution in [1.29, 1.82) is 0 Å². The average molecular weight is 710 g/mol. The summed E-state index contributed by atoms with van der Waals surface area (Å²) in [6, 6.07) is 35.1. The molecule has 0 radical (unpaired) electrons. The Morgan fingerprint density at radius 2 is 1.54 bits per heavy atom. The fourth-order valence-electron chi connectivity index (χ4n) is 10.7. The van der Waals surface area contributed by atoms with Crippen molar-refractivity contribution < 1.29 is 0 Å². The highest BCUT2D eigenvalue weighted by Gasteiger charge is 2.59. The van der Waals surface area contributed by atoms with Gasteiger partial charge in [-0.1, -0.05) is 109 Å². The Balaban J connectivity index is 1.13. The maximum atomic E-state index is 2.81. The number of benzene rings is 4. The molecule has 256 valence electrons. The lowest BCUT2D eigenvalue weighted by molar-refractivity contribution is 0.251. The van der Waals surface area contributed by atoms with E-state index in [0.29, 0.717) is 22.3 Å². The zero-order chi connectivity index (χ0) is 34.2. The summed E-state index contributed by atoms with van der Waals surface area (Å²) in [7, 11) is 0. The van der Waals surface area contributed by atoms with Crippen LogP contribution in [-0.4, -0.2) is 15.1 Å². The number of nitrogens with zero attached hydrogens (tertiary/aromatic N) is 1. The first-order chi connectivity index (χ1) is 25.8. The standard InChI is InChI=1S/C49H43NS2/c1-3-13-32(14-4-1)34-24-27-47-41(30-34)49(39-18-8-11-21-45(39)51-47)40-19-9-12-22-46(40)52-48-28-25-35(31-42(48)49)33-23-26-44-38(29-33)37-17-7-10-20-43(37)50(44)36-15-5-2-6-16-36/h2,5-9,11-13,15-19,21-23,25-26,28-31,39,41,45,47H,1,3-4,10,14,20,24,27H2. The minimum absolute atomic E-state index is 0.140. The maximum absolute atomic E-state index is 2.81. The molecule has 0 bridgehead atoms. The Morgan fingerprint density at radius 3 is 2.46 bits per heavy atom. The van der Waals surface area contributed by atoms with E-state index >= 15 is 0 Å². The van der Waals surface area contributed by atoms with Crippen LogP contribution in [0.3, 0.4) is 0 Å². The summed E-state index contributed by atoms with van der Waals surface area (Å²) in [5.74, 6) is 0.812. The summed E-state index contributed by atoms with van der Waals surface area (Å²) in [6.45, 7) is 0. The molecule has 6 aliphatic rings. The zero-order valence-electron chi connectivity index (χ0n) is 29.5. The van der Waals surface area contributed by atoms with Crippen molar-refractivity contribution in [3.63, 3.8) is 0 Å². The van der Waals surface area contributed by atoms with Crippen LogP contribution in [0.15, 0.2) is 154 Å². The summed E-state index contributed by atoms with van der Waals surface area (Å²) < 4.78 is 2.50. The quantitative estimate of drug-likeness (QED) is 0.184. The third kappa shape index (κ3) is 4.71. The molecule has 52 heavy (non-hydrogen) atoms. The molecule has 1 fully saturated rings. The predicted octanol–water partition coefficient (Wildman–Crippen LogP) is 13.1. The Labute approximate surface area is 316 Å². The van der Waals surface area contributed by atoms with Crippen molar-refractivity contribution in [2.45, 2.75) is 77.1 Å². The molecule has 4 aromatic carbocycles. The average Bonchev–Trinajstić information content (AvgIpc) is 3.55. The van der Waals surface area contributed by atoms with Gasteiger partial charge in [0, 0.05) is 59.9 Å². The predicted molar refractivity (Wildman–Crippen MR) is 222 cm³/mol. The van der Waals surface area contributed by atoms with Gasteiger partial charge in [0.15, 0.2) is 0 Å². The maximum Gasteiger partial charge on any atom is 0.0538 e. The number of fused-ring (bicyclic) bond motifs is 11. The van der Waals surface area contributed by atoms with E-state index in [9.17, 15) is 0 Å². The second kappa shape index (κ2) is 12.5. The first-order valence-electron chi connectivity index (χ1n) is 19.5. The first-order valence-corrected chi connectivity index (χ1v) is 21.3. The highest BCUT2D eigenvalue weighted by Crippen LogP contribution is 2.65. The van der Waals surface area contributed by atoms with Crippen LogP contribution in [0, 0.1) is 11.8 Å². The van der Waals surface area contributed by atoms with E-state index in [1.54, 1.807) is 16.7 Å². The smallest absolute Gasteiger partial charge is 0.0538 e. The van der Waals surface area contributed by atoms with Crippen LogP contribution in [0.1, 0.15) is 67.3 Å². The Hall–Kier alpha value is -4.18. The molecule has 5 unspecified atom stereocenters. The third-order valence-corrected chi connectivity index (χ3v) is 15.7. The van der Waals surface area contributed by atoms with Crippen molar-refractivity contribution >= 4 is 40.5 Å². The second-order valence-electron chi connectivity index (χ2n) is 15.5. The van der Waals surface area contributed by atoms with Gasteiger partial charge in [-0.25, -0.2) is 0 Å². The number of para-hydroxylation sites is 1. The fraction of sp³-hybridized carbons (Fsp3) is 0.265. The van der Waals surface area contributed by atoms with Gasteiger partial charge in [0.2, 0.25) is 0 Å². The molecule has 3 heteroatoms. The first kappa shape index (κ1) is 31.4. The van der Waals surface area contributed by atoms with Crippen LogP contribution in [0.25, 0.3) is 33.8 Å². The van der Waals surface area contributed by atoms with E-state index < -0.39 is 0 Å². The highest BCUT2D eigenvalue weighted by atomic mass is 32.2. The van der Waals surface area contributed by atoms with Gasteiger partial charge in [-0.2, -0.15) is 0 Å². The summed E-state index contributed by atoms with van der Waals surface area (Å²) >= 11 is 4.25. The fourth-order valence-corrected chi connectivity index (χ4v) is 13.7. The molecule has 0 amide bonds. The second-order valence-corrected chi connectivity index (χ2v) is 18.1. The minimum atomic E-state index is -0.140. The van der Waals surface area contributed by atoms with Gasteiger partial charge in [0.25, 0.3) is 0 Å². The van der Waals surface area contributed by atoms with Crippen LogP contribution in [0.5, 0.6) is 0 Å². The van der Waals surface area contributed by atoms with Crippen molar-refractivity contribution in [2.24, 2.45) is 11.8 Å². The SMILES string of the molecule is C1=CC2SC3CCC(C4=CCCCC4)=CC3C3(c4ccccc4Sc4ccc(-c5ccc6c(c5)c5c(n6-c6ccccc6)CCC=C5)cc43)C2C=C1. The minimum Gasteiger partial charge on any atom is -0.313 e. The number of hydrogen-bond donors (Lipinski definition) is 0. The number of thioether (sulfide) groups is 1. The number of hydrogen-bond acceptors (Lipinski definition) is 2. The topological polar surface area (TPSA) is 4.93 Å². The molecule has 1 nitrogen and oxygen atoms in total. The molecule has 0 N–H and O–H groups in total. The number of aromatic nitrogens is 1.